The van der Waals surface area contributed by atoms with E-state index in [1.807, 2.05) is 13.8 Å². The van der Waals surface area contributed by atoms with Crippen molar-refractivity contribution in [1.82, 2.24) is 4.90 Å². The topological polar surface area (TPSA) is 3.24 Å². The molecule has 1 nitrogen and oxygen atoms in total. The zero-order valence-electron chi connectivity index (χ0n) is 8.65. The van der Waals surface area contributed by atoms with Crippen molar-refractivity contribution in [2.45, 2.75) is 46.6 Å². The van der Waals surface area contributed by atoms with Gasteiger partial charge in [-0.15, -0.1) is 0 Å². The molecule has 0 aliphatic carbocycles. The van der Waals surface area contributed by atoms with Gasteiger partial charge in [-0.1, -0.05) is 20.8 Å². The summed E-state index contributed by atoms with van der Waals surface area (Å²) in [6.45, 7) is 10.7. The first-order chi connectivity index (χ1) is 4.50. The molecule has 0 aliphatic heterocycles. The Kier molecular flexibility index (Phi) is 7.22. The van der Waals surface area contributed by atoms with Crippen molar-refractivity contribution in [3.63, 3.8) is 0 Å². The standard InChI is InChI=1S/C7H17N.C2H6/c1-6-7(2,3)8(4)5;1-2/h6H2,1-5H3;1-2H3. The first-order valence-electron chi connectivity index (χ1n) is 4.18. The summed E-state index contributed by atoms with van der Waals surface area (Å²) in [5.74, 6) is 0. The molecule has 64 valence electrons. The molecule has 0 rings (SSSR count). The molecule has 0 atom stereocenters. The van der Waals surface area contributed by atoms with E-state index in [2.05, 4.69) is 39.8 Å². The molecule has 0 bridgehead atoms. The van der Waals surface area contributed by atoms with E-state index in [1.165, 1.54) is 6.42 Å². The van der Waals surface area contributed by atoms with E-state index in [4.69, 9.17) is 0 Å². The van der Waals surface area contributed by atoms with Crippen LogP contribution in [-0.4, -0.2) is 24.5 Å². The van der Waals surface area contributed by atoms with Crippen molar-refractivity contribution >= 4 is 0 Å². The van der Waals surface area contributed by atoms with Gasteiger partial charge in [0.15, 0.2) is 0 Å². The summed E-state index contributed by atoms with van der Waals surface area (Å²) in [5.41, 5.74) is 0.375. The number of rotatable bonds is 2. The molecule has 1 heteroatoms. The molecule has 10 heavy (non-hydrogen) atoms. The third-order valence-electron chi connectivity index (χ3n) is 2.08. The van der Waals surface area contributed by atoms with E-state index in [0.29, 0.717) is 5.54 Å². The van der Waals surface area contributed by atoms with Gasteiger partial charge in [-0.2, -0.15) is 0 Å². The van der Waals surface area contributed by atoms with Gasteiger partial charge in [0, 0.05) is 5.54 Å². The normalized spacial score (nSPS) is 10.8. The van der Waals surface area contributed by atoms with Crippen LogP contribution in [0, 0.1) is 0 Å². The second kappa shape index (κ2) is 5.72. The molecule has 0 saturated carbocycles. The van der Waals surface area contributed by atoms with Crippen molar-refractivity contribution in [2.24, 2.45) is 0 Å². The molecule has 0 aromatic heterocycles. The second-order valence-electron chi connectivity index (χ2n) is 3.06. The first kappa shape index (κ1) is 12.6. The van der Waals surface area contributed by atoms with Crippen LogP contribution in [0.2, 0.25) is 0 Å². The molecule has 0 fully saturated rings. The molecule has 0 unspecified atom stereocenters. The van der Waals surface area contributed by atoms with E-state index in [-0.39, 0.29) is 0 Å². The highest BCUT2D eigenvalue weighted by Crippen LogP contribution is 2.12. The van der Waals surface area contributed by atoms with Crippen LogP contribution in [0.15, 0.2) is 0 Å². The largest absolute Gasteiger partial charge is 0.304 e. The van der Waals surface area contributed by atoms with Gasteiger partial charge in [0.05, 0.1) is 0 Å². The van der Waals surface area contributed by atoms with E-state index >= 15 is 0 Å². The Morgan fingerprint density at radius 3 is 1.40 bits per heavy atom. The third-order valence-corrected chi connectivity index (χ3v) is 2.08. The highest BCUT2D eigenvalue weighted by Gasteiger charge is 2.16. The molecule has 0 amide bonds. The zero-order chi connectivity index (χ0) is 8.78. The fourth-order valence-electron chi connectivity index (χ4n) is 0.316. The van der Waals surface area contributed by atoms with E-state index in [1.54, 1.807) is 0 Å². The quantitative estimate of drug-likeness (QED) is 0.577. The minimum atomic E-state index is 0.375. The second-order valence-corrected chi connectivity index (χ2v) is 3.06. The lowest BCUT2D eigenvalue weighted by Crippen LogP contribution is -2.36. The van der Waals surface area contributed by atoms with E-state index in [9.17, 15) is 0 Å². The number of hydrogen-bond donors (Lipinski definition) is 0. The average molecular weight is 145 g/mol. The molecule has 0 N–H and O–H groups in total. The van der Waals surface area contributed by atoms with Gasteiger partial charge in [-0.05, 0) is 34.4 Å². The first-order valence-corrected chi connectivity index (χ1v) is 4.18. The van der Waals surface area contributed by atoms with Crippen LogP contribution in [0.4, 0.5) is 0 Å². The SMILES string of the molecule is CC.CCC(C)(C)N(C)C. The molecule has 0 saturated heterocycles. The van der Waals surface area contributed by atoms with Crippen LogP contribution in [-0.2, 0) is 0 Å². The van der Waals surface area contributed by atoms with Gasteiger partial charge in [-0.25, -0.2) is 0 Å². The summed E-state index contributed by atoms with van der Waals surface area (Å²) in [5, 5.41) is 0. The summed E-state index contributed by atoms with van der Waals surface area (Å²) in [6.07, 6.45) is 1.21. The van der Waals surface area contributed by atoms with Gasteiger partial charge < -0.3 is 4.90 Å². The van der Waals surface area contributed by atoms with Gasteiger partial charge in [-0.3, -0.25) is 0 Å². The third kappa shape index (κ3) is 4.80. The minimum absolute atomic E-state index is 0.375. The lowest BCUT2D eigenvalue weighted by Gasteiger charge is -2.30. The Morgan fingerprint density at radius 2 is 1.40 bits per heavy atom. The van der Waals surface area contributed by atoms with Gasteiger partial charge in [0.2, 0.25) is 0 Å². The zero-order valence-corrected chi connectivity index (χ0v) is 8.65. The summed E-state index contributed by atoms with van der Waals surface area (Å²) < 4.78 is 0. The molecule has 0 spiro atoms. The highest BCUT2D eigenvalue weighted by atomic mass is 15.1. The number of hydrogen-bond acceptors (Lipinski definition) is 1. The van der Waals surface area contributed by atoms with E-state index < -0.39 is 0 Å². The Bertz CT molecular complexity index is 65.1. The molecule has 0 radical (unpaired) electrons. The smallest absolute Gasteiger partial charge is 0.0144 e. The Morgan fingerprint density at radius 1 is 1.10 bits per heavy atom. The lowest BCUT2D eigenvalue weighted by atomic mass is 10.0. The monoisotopic (exact) mass is 145 g/mol. The molecule has 0 aliphatic rings. The summed E-state index contributed by atoms with van der Waals surface area (Å²) in [7, 11) is 4.23. The molecule has 0 aromatic carbocycles. The van der Waals surface area contributed by atoms with Gasteiger partial charge in [0.25, 0.3) is 0 Å². The van der Waals surface area contributed by atoms with Crippen LogP contribution in [0.25, 0.3) is 0 Å². The van der Waals surface area contributed by atoms with E-state index in [0.717, 1.165) is 0 Å². The minimum Gasteiger partial charge on any atom is -0.304 e. The Balaban J connectivity index is 0. The predicted molar refractivity (Wildman–Crippen MR) is 49.4 cm³/mol. The average Bonchev–Trinajstić information content (AvgIpc) is 1.92. The lowest BCUT2D eigenvalue weighted by molar-refractivity contribution is 0.189. The Hall–Kier alpha value is -0.0400. The maximum Gasteiger partial charge on any atom is 0.0144 e. The molecular formula is C9H23N. The summed E-state index contributed by atoms with van der Waals surface area (Å²) in [4.78, 5) is 2.24. The fraction of sp³-hybridized carbons (Fsp3) is 1.00. The maximum absolute atomic E-state index is 2.24. The van der Waals surface area contributed by atoms with Crippen LogP contribution < -0.4 is 0 Å². The van der Waals surface area contributed by atoms with Crippen molar-refractivity contribution in [1.29, 1.82) is 0 Å². The maximum atomic E-state index is 2.24. The Labute approximate surface area is 66.4 Å². The van der Waals surface area contributed by atoms with Crippen molar-refractivity contribution in [3.8, 4) is 0 Å². The van der Waals surface area contributed by atoms with Crippen LogP contribution in [0.5, 0.6) is 0 Å². The molecule has 0 heterocycles. The number of nitrogens with zero attached hydrogens (tertiary/aromatic N) is 1. The summed E-state index contributed by atoms with van der Waals surface area (Å²) in [6, 6.07) is 0. The van der Waals surface area contributed by atoms with Crippen LogP contribution in [0.1, 0.15) is 41.0 Å². The summed E-state index contributed by atoms with van der Waals surface area (Å²) >= 11 is 0. The predicted octanol–water partition coefficient (Wildman–Crippen LogP) is 2.76. The van der Waals surface area contributed by atoms with Gasteiger partial charge >= 0.3 is 0 Å². The highest BCUT2D eigenvalue weighted by molar-refractivity contribution is 4.73. The fourth-order valence-corrected chi connectivity index (χ4v) is 0.316. The van der Waals surface area contributed by atoms with Crippen molar-refractivity contribution in [3.05, 3.63) is 0 Å². The van der Waals surface area contributed by atoms with Crippen LogP contribution in [0.3, 0.4) is 0 Å². The molecule has 0 aromatic rings. The van der Waals surface area contributed by atoms with Crippen molar-refractivity contribution in [2.75, 3.05) is 14.1 Å². The van der Waals surface area contributed by atoms with Gasteiger partial charge in [0.1, 0.15) is 0 Å². The molecular weight excluding hydrogens is 122 g/mol. The van der Waals surface area contributed by atoms with Crippen molar-refractivity contribution < 1.29 is 0 Å². The van der Waals surface area contributed by atoms with Crippen LogP contribution >= 0.6 is 0 Å².